The molecule has 140 valence electrons. The molecule has 1 amide bonds. The molecule has 6 nitrogen and oxygen atoms in total. The highest BCUT2D eigenvalue weighted by Gasteiger charge is 2.16. The number of carbonyl (C=O) groups is 1. The highest BCUT2D eigenvalue weighted by molar-refractivity contribution is 9.10. The minimum atomic E-state index is -0.639. The Morgan fingerprint density at radius 1 is 1.22 bits per heavy atom. The Morgan fingerprint density at radius 2 is 2.04 bits per heavy atom. The molecule has 0 aliphatic heterocycles. The molecule has 0 spiro atoms. The lowest BCUT2D eigenvalue weighted by molar-refractivity contribution is -0.127. The summed E-state index contributed by atoms with van der Waals surface area (Å²) in [5.74, 6) is 1.21. The lowest BCUT2D eigenvalue weighted by atomic mass is 10.1. The van der Waals surface area contributed by atoms with Crippen molar-refractivity contribution in [1.29, 1.82) is 0 Å². The fourth-order valence-electron chi connectivity index (χ4n) is 2.42. The van der Waals surface area contributed by atoms with Crippen LogP contribution in [0.3, 0.4) is 0 Å². The Labute approximate surface area is 166 Å². The summed E-state index contributed by atoms with van der Waals surface area (Å²) in [6.07, 6.45) is -0.639. The summed E-state index contributed by atoms with van der Waals surface area (Å²) in [4.78, 5) is 16.6. The van der Waals surface area contributed by atoms with Gasteiger partial charge in [-0.2, -0.15) is 4.98 Å². The smallest absolute Gasteiger partial charge is 0.261 e. The van der Waals surface area contributed by atoms with Gasteiger partial charge in [-0.15, -0.1) is 0 Å². The van der Waals surface area contributed by atoms with E-state index >= 15 is 0 Å². The number of aromatic nitrogens is 2. The monoisotopic (exact) mass is 429 g/mol. The summed E-state index contributed by atoms with van der Waals surface area (Å²) in [7, 11) is 0. The predicted molar refractivity (Wildman–Crippen MR) is 105 cm³/mol. The van der Waals surface area contributed by atoms with Crippen LogP contribution in [-0.2, 0) is 11.3 Å². The molecule has 1 aromatic heterocycles. The van der Waals surface area contributed by atoms with Gasteiger partial charge in [-0.3, -0.25) is 4.79 Å². The van der Waals surface area contributed by atoms with Gasteiger partial charge >= 0.3 is 0 Å². The summed E-state index contributed by atoms with van der Waals surface area (Å²) < 4.78 is 11.8. The zero-order valence-corrected chi connectivity index (χ0v) is 16.9. The Bertz CT molecular complexity index is 955. The number of amides is 1. The molecule has 0 aliphatic rings. The van der Waals surface area contributed by atoms with E-state index in [2.05, 4.69) is 31.4 Å². The number of benzene rings is 2. The van der Waals surface area contributed by atoms with Gasteiger partial charge < -0.3 is 14.6 Å². The quantitative estimate of drug-likeness (QED) is 0.635. The van der Waals surface area contributed by atoms with Crippen LogP contribution in [0.2, 0.25) is 0 Å². The number of nitrogens with one attached hydrogen (secondary N) is 1. The van der Waals surface area contributed by atoms with Gasteiger partial charge in [0.25, 0.3) is 5.91 Å². The first-order valence-electron chi connectivity index (χ1n) is 8.52. The van der Waals surface area contributed by atoms with Crippen LogP contribution in [0.15, 0.2) is 51.5 Å². The molecule has 0 saturated carbocycles. The van der Waals surface area contributed by atoms with Gasteiger partial charge in [0.05, 0.1) is 6.54 Å². The van der Waals surface area contributed by atoms with Crippen LogP contribution in [-0.4, -0.2) is 22.2 Å². The van der Waals surface area contributed by atoms with Crippen molar-refractivity contribution in [2.24, 2.45) is 0 Å². The molecule has 1 N–H and O–H groups in total. The van der Waals surface area contributed by atoms with Crippen LogP contribution in [0.25, 0.3) is 11.4 Å². The number of halogens is 1. The second-order valence-corrected chi connectivity index (χ2v) is 7.16. The van der Waals surface area contributed by atoms with E-state index in [-0.39, 0.29) is 12.5 Å². The van der Waals surface area contributed by atoms with Crippen molar-refractivity contribution >= 4 is 21.8 Å². The standard InChI is InChI=1S/C20H20BrN3O3/c1-12-7-8-17(9-13(12)2)26-14(3)20(25)22-11-18-23-19(24-27-18)15-5-4-6-16(21)10-15/h4-10,14H,11H2,1-3H3,(H,22,25). The minimum Gasteiger partial charge on any atom is -0.481 e. The van der Waals surface area contributed by atoms with Gasteiger partial charge in [-0.25, -0.2) is 0 Å². The molecule has 3 rings (SSSR count). The van der Waals surface area contributed by atoms with E-state index < -0.39 is 6.10 Å². The third-order valence-corrected chi connectivity index (χ3v) is 4.62. The first-order chi connectivity index (χ1) is 12.9. The number of hydrogen-bond acceptors (Lipinski definition) is 5. The van der Waals surface area contributed by atoms with Crippen LogP contribution in [0, 0.1) is 13.8 Å². The van der Waals surface area contributed by atoms with Crippen molar-refractivity contribution < 1.29 is 14.1 Å². The van der Waals surface area contributed by atoms with Gasteiger partial charge in [0, 0.05) is 10.0 Å². The maximum atomic E-state index is 12.3. The number of nitrogens with zero attached hydrogens (tertiary/aromatic N) is 2. The minimum absolute atomic E-state index is 0.139. The topological polar surface area (TPSA) is 77.2 Å². The highest BCUT2D eigenvalue weighted by atomic mass is 79.9. The highest BCUT2D eigenvalue weighted by Crippen LogP contribution is 2.20. The van der Waals surface area contributed by atoms with Gasteiger partial charge in [0.15, 0.2) is 6.10 Å². The van der Waals surface area contributed by atoms with Gasteiger partial charge in [-0.05, 0) is 56.2 Å². The zero-order valence-electron chi connectivity index (χ0n) is 15.3. The van der Waals surface area contributed by atoms with Crippen LogP contribution < -0.4 is 10.1 Å². The SMILES string of the molecule is Cc1ccc(OC(C)C(=O)NCc2nc(-c3cccc(Br)c3)no2)cc1C. The second-order valence-electron chi connectivity index (χ2n) is 6.25. The molecule has 1 unspecified atom stereocenters. The molecule has 3 aromatic rings. The molecular weight excluding hydrogens is 410 g/mol. The van der Waals surface area contributed by atoms with E-state index in [0.717, 1.165) is 15.6 Å². The van der Waals surface area contributed by atoms with Crippen molar-refractivity contribution in [3.05, 3.63) is 64.0 Å². The molecular formula is C20H20BrN3O3. The van der Waals surface area contributed by atoms with E-state index in [1.807, 2.05) is 56.3 Å². The van der Waals surface area contributed by atoms with Crippen LogP contribution in [0.1, 0.15) is 23.9 Å². The number of aryl methyl sites for hydroxylation is 2. The maximum absolute atomic E-state index is 12.3. The van der Waals surface area contributed by atoms with Gasteiger partial charge in [0.2, 0.25) is 11.7 Å². The second kappa shape index (κ2) is 8.35. The number of hydrogen-bond donors (Lipinski definition) is 1. The molecule has 0 fully saturated rings. The van der Waals surface area contributed by atoms with Crippen molar-refractivity contribution in [2.45, 2.75) is 33.4 Å². The molecule has 0 radical (unpaired) electrons. The maximum Gasteiger partial charge on any atom is 0.261 e. The molecule has 0 aliphatic carbocycles. The Kier molecular flexibility index (Phi) is 5.91. The summed E-state index contributed by atoms with van der Waals surface area (Å²) in [5.41, 5.74) is 3.13. The van der Waals surface area contributed by atoms with Crippen molar-refractivity contribution in [3.63, 3.8) is 0 Å². The first kappa shape index (κ1) is 19.1. The van der Waals surface area contributed by atoms with Gasteiger partial charge in [0.1, 0.15) is 5.75 Å². The zero-order chi connectivity index (χ0) is 19.4. The first-order valence-corrected chi connectivity index (χ1v) is 9.32. The normalized spacial score (nSPS) is 11.9. The summed E-state index contributed by atoms with van der Waals surface area (Å²) in [5, 5.41) is 6.70. The molecule has 1 heterocycles. The van der Waals surface area contributed by atoms with Crippen molar-refractivity contribution in [1.82, 2.24) is 15.5 Å². The average molecular weight is 430 g/mol. The third-order valence-electron chi connectivity index (χ3n) is 4.13. The Hall–Kier alpha value is -2.67. The summed E-state index contributed by atoms with van der Waals surface area (Å²) >= 11 is 3.41. The van der Waals surface area contributed by atoms with E-state index in [1.165, 1.54) is 5.56 Å². The number of rotatable bonds is 6. The summed E-state index contributed by atoms with van der Waals surface area (Å²) in [6, 6.07) is 13.3. The van der Waals surface area contributed by atoms with E-state index in [1.54, 1.807) is 6.92 Å². The van der Waals surface area contributed by atoms with Crippen LogP contribution >= 0.6 is 15.9 Å². The van der Waals surface area contributed by atoms with Crippen molar-refractivity contribution in [3.8, 4) is 17.1 Å². The fraction of sp³-hybridized carbons (Fsp3) is 0.250. The molecule has 0 bridgehead atoms. The number of ether oxygens (including phenoxy) is 1. The van der Waals surface area contributed by atoms with Crippen LogP contribution in [0.5, 0.6) is 5.75 Å². The lowest BCUT2D eigenvalue weighted by Crippen LogP contribution is -2.36. The average Bonchev–Trinajstić information content (AvgIpc) is 3.12. The fourth-order valence-corrected chi connectivity index (χ4v) is 2.82. The van der Waals surface area contributed by atoms with E-state index in [0.29, 0.717) is 17.5 Å². The predicted octanol–water partition coefficient (Wildman–Crippen LogP) is 4.20. The Balaban J connectivity index is 1.56. The Morgan fingerprint density at radius 3 is 2.78 bits per heavy atom. The van der Waals surface area contributed by atoms with E-state index in [9.17, 15) is 4.79 Å². The molecule has 27 heavy (non-hydrogen) atoms. The lowest BCUT2D eigenvalue weighted by Gasteiger charge is -2.15. The third kappa shape index (κ3) is 4.95. The molecule has 1 atom stereocenters. The molecule has 7 heteroatoms. The largest absolute Gasteiger partial charge is 0.481 e. The summed E-state index contributed by atoms with van der Waals surface area (Å²) in [6.45, 7) is 5.87. The van der Waals surface area contributed by atoms with Gasteiger partial charge in [-0.1, -0.05) is 39.3 Å². The molecule has 2 aromatic carbocycles. The van der Waals surface area contributed by atoms with Crippen LogP contribution in [0.4, 0.5) is 0 Å². The molecule has 0 saturated heterocycles. The van der Waals surface area contributed by atoms with E-state index in [4.69, 9.17) is 9.26 Å². The van der Waals surface area contributed by atoms with Crippen molar-refractivity contribution in [2.75, 3.05) is 0 Å². The number of carbonyl (C=O) groups excluding carboxylic acids is 1.